The van der Waals surface area contributed by atoms with Crippen LogP contribution in [0, 0.1) is 5.82 Å². The van der Waals surface area contributed by atoms with Crippen LogP contribution in [0.5, 0.6) is 0 Å². The number of hydrogen-bond acceptors (Lipinski definition) is 4. The highest BCUT2D eigenvalue weighted by Gasteiger charge is 2.47. The summed E-state index contributed by atoms with van der Waals surface area (Å²) in [5, 5.41) is 5.95. The molecule has 1 aromatic rings. The zero-order chi connectivity index (χ0) is 23.4. The molecule has 7 nitrogen and oxygen atoms in total. The number of amides is 3. The van der Waals surface area contributed by atoms with Crippen molar-refractivity contribution in [3.63, 3.8) is 0 Å². The molecule has 2 atom stereocenters. The standard InChI is InChI=1S/C25H37FN4O3/c1-3-27-23(31)30-17-25(21-15-18(26)9-10-22(21)30)11-13-29(14-12-25)20-8-6-5-7-19(16-20)28-24(32)33-4-2/h9-10,15,19-20H,3-8,11-14,16-17H2,1-2H3,(H,27,31)(H,28,32). The fraction of sp³-hybridized carbons (Fsp3) is 0.680. The summed E-state index contributed by atoms with van der Waals surface area (Å²) in [4.78, 5) is 29.0. The van der Waals surface area contributed by atoms with Crippen LogP contribution in [0.4, 0.5) is 19.7 Å². The Labute approximate surface area is 196 Å². The molecule has 1 saturated heterocycles. The van der Waals surface area contributed by atoms with Crippen LogP contribution in [0.1, 0.15) is 64.4 Å². The van der Waals surface area contributed by atoms with E-state index < -0.39 is 0 Å². The number of halogens is 1. The zero-order valence-electron chi connectivity index (χ0n) is 19.9. The van der Waals surface area contributed by atoms with E-state index in [1.165, 1.54) is 6.07 Å². The first-order valence-corrected chi connectivity index (χ1v) is 12.5. The van der Waals surface area contributed by atoms with Crippen LogP contribution in [0.15, 0.2) is 18.2 Å². The number of alkyl carbamates (subject to hydrolysis) is 1. The van der Waals surface area contributed by atoms with Crippen molar-refractivity contribution in [1.82, 2.24) is 15.5 Å². The second-order valence-electron chi connectivity index (χ2n) is 9.64. The number of rotatable bonds is 4. The highest BCUT2D eigenvalue weighted by molar-refractivity contribution is 5.95. The molecule has 2 N–H and O–H groups in total. The van der Waals surface area contributed by atoms with Crippen molar-refractivity contribution < 1.29 is 18.7 Å². The minimum atomic E-state index is -0.323. The third-order valence-electron chi connectivity index (χ3n) is 7.62. The van der Waals surface area contributed by atoms with Crippen molar-refractivity contribution in [2.45, 2.75) is 76.3 Å². The molecular weight excluding hydrogens is 423 g/mol. The molecule has 0 bridgehead atoms. The molecule has 2 fully saturated rings. The molecule has 8 heteroatoms. The van der Waals surface area contributed by atoms with E-state index in [0.717, 1.165) is 69.3 Å². The lowest BCUT2D eigenvalue weighted by Crippen LogP contribution is -2.51. The van der Waals surface area contributed by atoms with Gasteiger partial charge in [-0.05, 0) is 82.8 Å². The maximum Gasteiger partial charge on any atom is 0.407 e. The predicted molar refractivity (Wildman–Crippen MR) is 126 cm³/mol. The minimum absolute atomic E-state index is 0.110. The fourth-order valence-corrected chi connectivity index (χ4v) is 5.95. The number of anilines is 1. The summed E-state index contributed by atoms with van der Waals surface area (Å²) in [7, 11) is 0. The number of benzene rings is 1. The summed E-state index contributed by atoms with van der Waals surface area (Å²) in [5.74, 6) is -0.245. The monoisotopic (exact) mass is 460 g/mol. The van der Waals surface area contributed by atoms with Gasteiger partial charge in [0.2, 0.25) is 0 Å². The van der Waals surface area contributed by atoms with E-state index in [-0.39, 0.29) is 29.4 Å². The Morgan fingerprint density at radius 3 is 2.67 bits per heavy atom. The van der Waals surface area contributed by atoms with Gasteiger partial charge in [-0.3, -0.25) is 4.90 Å². The smallest absolute Gasteiger partial charge is 0.407 e. The van der Waals surface area contributed by atoms with Crippen molar-refractivity contribution in [2.75, 3.05) is 37.7 Å². The van der Waals surface area contributed by atoms with E-state index in [1.54, 1.807) is 17.0 Å². The maximum absolute atomic E-state index is 14.2. The van der Waals surface area contributed by atoms with Gasteiger partial charge in [0, 0.05) is 36.3 Å². The first kappa shape index (κ1) is 23.8. The highest BCUT2D eigenvalue weighted by atomic mass is 19.1. The molecule has 1 saturated carbocycles. The average Bonchev–Trinajstić information content (AvgIpc) is 2.93. The van der Waals surface area contributed by atoms with E-state index in [0.29, 0.717) is 25.7 Å². The molecule has 1 aromatic carbocycles. The van der Waals surface area contributed by atoms with E-state index >= 15 is 0 Å². The van der Waals surface area contributed by atoms with Crippen LogP contribution >= 0.6 is 0 Å². The third-order valence-corrected chi connectivity index (χ3v) is 7.62. The van der Waals surface area contributed by atoms with Crippen LogP contribution in [-0.4, -0.2) is 61.9 Å². The molecule has 3 amide bonds. The minimum Gasteiger partial charge on any atom is -0.450 e. The van der Waals surface area contributed by atoms with Gasteiger partial charge in [0.15, 0.2) is 0 Å². The number of urea groups is 1. The highest BCUT2D eigenvalue weighted by Crippen LogP contribution is 2.47. The number of ether oxygens (including phenoxy) is 1. The van der Waals surface area contributed by atoms with Crippen molar-refractivity contribution in [2.24, 2.45) is 0 Å². The van der Waals surface area contributed by atoms with Crippen LogP contribution in [-0.2, 0) is 10.2 Å². The Hall–Kier alpha value is -2.35. The largest absolute Gasteiger partial charge is 0.450 e. The molecule has 2 unspecified atom stereocenters. The molecule has 0 aromatic heterocycles. The number of piperidine rings is 1. The molecule has 2 aliphatic heterocycles. The number of likely N-dealkylation sites (tertiary alicyclic amines) is 1. The fourth-order valence-electron chi connectivity index (χ4n) is 5.95. The molecular formula is C25H37FN4O3. The molecule has 182 valence electrons. The Kier molecular flexibility index (Phi) is 7.41. The second-order valence-corrected chi connectivity index (χ2v) is 9.64. The van der Waals surface area contributed by atoms with Gasteiger partial charge in [-0.25, -0.2) is 14.0 Å². The Morgan fingerprint density at radius 1 is 1.18 bits per heavy atom. The Balaban J connectivity index is 1.45. The van der Waals surface area contributed by atoms with Crippen LogP contribution in [0.2, 0.25) is 0 Å². The van der Waals surface area contributed by atoms with Gasteiger partial charge in [0.05, 0.1) is 6.61 Å². The van der Waals surface area contributed by atoms with Gasteiger partial charge in [0.25, 0.3) is 0 Å². The molecule has 0 radical (unpaired) electrons. The first-order valence-electron chi connectivity index (χ1n) is 12.5. The zero-order valence-corrected chi connectivity index (χ0v) is 19.9. The summed E-state index contributed by atoms with van der Waals surface area (Å²) in [6.07, 6.45) is 6.78. The SMILES string of the molecule is CCNC(=O)N1CC2(CCN(C3CCCCC(NC(=O)OCC)C3)CC2)c2cc(F)ccc21. The van der Waals surface area contributed by atoms with Crippen molar-refractivity contribution in [3.8, 4) is 0 Å². The van der Waals surface area contributed by atoms with E-state index in [1.807, 2.05) is 13.8 Å². The van der Waals surface area contributed by atoms with Crippen molar-refractivity contribution in [1.29, 1.82) is 0 Å². The van der Waals surface area contributed by atoms with Crippen LogP contribution < -0.4 is 15.5 Å². The molecule has 4 rings (SSSR count). The summed E-state index contributed by atoms with van der Waals surface area (Å²) < 4.78 is 19.3. The quantitative estimate of drug-likeness (QED) is 0.662. The molecule has 33 heavy (non-hydrogen) atoms. The number of fused-ring (bicyclic) bond motifs is 2. The van der Waals surface area contributed by atoms with Gasteiger partial charge < -0.3 is 20.3 Å². The Morgan fingerprint density at radius 2 is 1.94 bits per heavy atom. The molecule has 1 spiro atoms. The lowest BCUT2D eigenvalue weighted by molar-refractivity contribution is 0.103. The molecule has 2 heterocycles. The van der Waals surface area contributed by atoms with Gasteiger partial charge in [-0.1, -0.05) is 12.8 Å². The predicted octanol–water partition coefficient (Wildman–Crippen LogP) is 4.16. The normalized spacial score (nSPS) is 24.8. The maximum atomic E-state index is 14.2. The van der Waals surface area contributed by atoms with Gasteiger partial charge in [-0.2, -0.15) is 0 Å². The van der Waals surface area contributed by atoms with E-state index in [9.17, 15) is 14.0 Å². The lowest BCUT2D eigenvalue weighted by Gasteiger charge is -2.43. The van der Waals surface area contributed by atoms with Gasteiger partial charge >= 0.3 is 12.1 Å². The van der Waals surface area contributed by atoms with E-state index in [2.05, 4.69) is 15.5 Å². The van der Waals surface area contributed by atoms with Crippen LogP contribution in [0.3, 0.4) is 0 Å². The number of hydrogen-bond donors (Lipinski definition) is 2. The van der Waals surface area contributed by atoms with Gasteiger partial charge in [0.1, 0.15) is 5.82 Å². The second kappa shape index (κ2) is 10.3. The summed E-state index contributed by atoms with van der Waals surface area (Å²) in [5.41, 5.74) is 1.60. The lowest BCUT2D eigenvalue weighted by atomic mass is 9.74. The van der Waals surface area contributed by atoms with E-state index in [4.69, 9.17) is 4.74 Å². The molecule has 3 aliphatic rings. The number of carbonyl (C=O) groups excluding carboxylic acids is 2. The topological polar surface area (TPSA) is 73.9 Å². The summed E-state index contributed by atoms with van der Waals surface area (Å²) >= 11 is 0. The van der Waals surface area contributed by atoms with Crippen molar-refractivity contribution >= 4 is 17.8 Å². The first-order chi connectivity index (χ1) is 16.0. The number of nitrogens with one attached hydrogen (secondary N) is 2. The Bertz CT molecular complexity index is 856. The summed E-state index contributed by atoms with van der Waals surface area (Å²) in [6.45, 7) is 7.10. The molecule has 1 aliphatic carbocycles. The van der Waals surface area contributed by atoms with Crippen LogP contribution in [0.25, 0.3) is 0 Å². The number of nitrogens with zero attached hydrogens (tertiary/aromatic N) is 2. The van der Waals surface area contributed by atoms with Gasteiger partial charge in [-0.15, -0.1) is 0 Å². The number of carbonyl (C=O) groups is 2. The summed E-state index contributed by atoms with van der Waals surface area (Å²) in [6, 6.07) is 5.28. The van der Waals surface area contributed by atoms with Crippen molar-refractivity contribution in [3.05, 3.63) is 29.6 Å². The average molecular weight is 461 g/mol. The third kappa shape index (κ3) is 5.10.